The number of aromatic nitrogens is 2. The summed E-state index contributed by atoms with van der Waals surface area (Å²) in [6, 6.07) is 86.7. The molecule has 0 N–H and O–H groups in total. The van der Waals surface area contributed by atoms with Crippen LogP contribution in [0.2, 0.25) is 0 Å². The molecule has 0 bridgehead atoms. The van der Waals surface area contributed by atoms with Gasteiger partial charge in [-0.15, -0.1) is 0 Å². The second-order valence-electron chi connectivity index (χ2n) is 27.0. The van der Waals surface area contributed by atoms with Crippen LogP contribution in [0.25, 0.3) is 99.5 Å². The molecule has 3 aliphatic heterocycles. The van der Waals surface area contributed by atoms with Crippen molar-refractivity contribution in [1.29, 1.82) is 0 Å². The minimum atomic E-state index is -0.476. The van der Waals surface area contributed by atoms with E-state index in [0.29, 0.717) is 0 Å². The standard InChI is InChI=1S/C36H32BNO2.C30H20BrN.C12H24B2O4.2CH4/c1-35(2)36(3,4)40-37(39-35)29-19-20-32-31-17-11-12-18-33(31)38(34(32)24-29)30-22-27(25-13-7-5-8-14-25)21-28(23-30)26-15-9-6-10-16-26;31-25-15-16-28-27-13-7-8-14-29(27)32(30(28)20-25)26-18-23(21-9-3-1-4-10-21)17-24(19-26)22-11-5-2-6-12-22;1-9(2)10(3,4)16-13(15-9)14-17-11(5,6)12(7,8)18-14;;/h5-24H,1-4H3;1-20H;1-8H3;2*1H4. The maximum atomic E-state index is 6.44. The summed E-state index contributed by atoms with van der Waals surface area (Å²) in [7, 11) is -1.37. The van der Waals surface area contributed by atoms with Gasteiger partial charge in [-0.3, -0.25) is 0 Å². The Kier molecular flexibility index (Phi) is 18.1. The molecule has 5 heterocycles. The average molecular weight is 1280 g/mol. The molecule has 0 aliphatic carbocycles. The van der Waals surface area contributed by atoms with Gasteiger partial charge in [-0.1, -0.05) is 207 Å². The van der Waals surface area contributed by atoms with Gasteiger partial charge in [0.05, 0.1) is 55.7 Å². The lowest BCUT2D eigenvalue weighted by atomic mass is 9.49. The molecule has 3 fully saturated rings. The highest BCUT2D eigenvalue weighted by Crippen LogP contribution is 2.45. The smallest absolute Gasteiger partial charge is 0.405 e. The molecular weight excluding hydrogens is 1200 g/mol. The topological polar surface area (TPSA) is 65.2 Å². The van der Waals surface area contributed by atoms with Crippen molar-refractivity contribution < 1.29 is 27.9 Å². The molecule has 3 saturated heterocycles. The Balaban J connectivity index is 0.000000149. The van der Waals surface area contributed by atoms with Crippen molar-refractivity contribution in [3.05, 3.63) is 247 Å². The fourth-order valence-corrected chi connectivity index (χ4v) is 12.6. The predicted molar refractivity (Wildman–Crippen MR) is 392 cm³/mol. The van der Waals surface area contributed by atoms with Crippen LogP contribution in [0.4, 0.5) is 0 Å². The van der Waals surface area contributed by atoms with Crippen molar-refractivity contribution >= 4 is 86.1 Å². The van der Waals surface area contributed by atoms with E-state index in [-0.39, 0.29) is 37.3 Å². The van der Waals surface area contributed by atoms with E-state index < -0.39 is 32.3 Å². The van der Waals surface area contributed by atoms with Gasteiger partial charge in [-0.2, -0.15) is 0 Å². The van der Waals surface area contributed by atoms with Crippen molar-refractivity contribution in [3.8, 4) is 55.9 Å². The fourth-order valence-electron chi connectivity index (χ4n) is 12.3. The van der Waals surface area contributed by atoms with Gasteiger partial charge in [0.2, 0.25) is 0 Å². The van der Waals surface area contributed by atoms with E-state index in [9.17, 15) is 0 Å². The van der Waals surface area contributed by atoms with Gasteiger partial charge in [-0.05, 0) is 200 Å². The molecule has 12 aromatic rings. The molecular formula is C80H84B3BrN2O6. The third-order valence-corrected chi connectivity index (χ3v) is 19.9. The average Bonchev–Trinajstić information content (AvgIpc) is 1.60. The van der Waals surface area contributed by atoms with Crippen LogP contribution in [-0.4, -0.2) is 63.9 Å². The first kappa shape index (κ1) is 65.7. The molecule has 0 unspecified atom stereocenters. The van der Waals surface area contributed by atoms with Gasteiger partial charge in [-0.25, -0.2) is 0 Å². The van der Waals surface area contributed by atoms with E-state index in [0.717, 1.165) is 26.8 Å². The quantitative estimate of drug-likeness (QED) is 0.141. The molecule has 0 saturated carbocycles. The van der Waals surface area contributed by atoms with E-state index in [4.69, 9.17) is 27.9 Å². The summed E-state index contributed by atoms with van der Waals surface area (Å²) in [5, 5.41) is 4.96. The lowest BCUT2D eigenvalue weighted by molar-refractivity contribution is 0.00578. The molecule has 466 valence electrons. The van der Waals surface area contributed by atoms with Crippen LogP contribution in [0.1, 0.15) is 97.9 Å². The number of hydrogen-bond donors (Lipinski definition) is 0. The normalized spacial score (nSPS) is 17.2. The van der Waals surface area contributed by atoms with Gasteiger partial charge in [0.1, 0.15) is 0 Å². The van der Waals surface area contributed by atoms with Crippen molar-refractivity contribution in [2.75, 3.05) is 0 Å². The van der Waals surface area contributed by atoms with Crippen molar-refractivity contribution in [2.24, 2.45) is 0 Å². The Labute approximate surface area is 554 Å². The van der Waals surface area contributed by atoms with E-state index in [1.165, 1.54) is 82.6 Å². The Morgan fingerprint density at radius 1 is 0.272 bits per heavy atom. The van der Waals surface area contributed by atoms with Crippen LogP contribution in [-0.2, 0) is 27.9 Å². The molecule has 0 radical (unpaired) electrons. The molecule has 12 heteroatoms. The second-order valence-corrected chi connectivity index (χ2v) is 27.9. The zero-order valence-corrected chi connectivity index (χ0v) is 55.1. The Morgan fingerprint density at radius 2 is 0.554 bits per heavy atom. The Bertz CT molecular complexity index is 4410. The summed E-state index contributed by atoms with van der Waals surface area (Å²) in [4.78, 5) is 0. The minimum absolute atomic E-state index is 0. The number of hydrogen-bond acceptors (Lipinski definition) is 6. The van der Waals surface area contributed by atoms with E-state index in [1.54, 1.807) is 0 Å². The highest BCUT2D eigenvalue weighted by Gasteiger charge is 2.64. The maximum Gasteiger partial charge on any atom is 0.494 e. The molecule has 0 amide bonds. The Morgan fingerprint density at radius 3 is 0.902 bits per heavy atom. The number of nitrogens with zero attached hydrogens (tertiary/aromatic N) is 2. The van der Waals surface area contributed by atoms with Gasteiger partial charge in [0.25, 0.3) is 0 Å². The zero-order valence-electron chi connectivity index (χ0n) is 53.5. The first-order chi connectivity index (χ1) is 43.0. The third-order valence-electron chi connectivity index (χ3n) is 19.4. The number of rotatable bonds is 8. The Hall–Kier alpha value is -7.77. The van der Waals surface area contributed by atoms with Crippen molar-refractivity contribution in [2.45, 2.75) is 132 Å². The largest absolute Gasteiger partial charge is 0.494 e. The molecule has 0 atom stereocenters. The molecule has 2 aromatic heterocycles. The van der Waals surface area contributed by atoms with Gasteiger partial charge in [0.15, 0.2) is 0 Å². The molecule has 0 spiro atoms. The van der Waals surface area contributed by atoms with E-state index in [2.05, 4.69) is 295 Å². The van der Waals surface area contributed by atoms with Crippen molar-refractivity contribution in [1.82, 2.24) is 9.13 Å². The third kappa shape index (κ3) is 12.4. The number of fused-ring (bicyclic) bond motifs is 6. The molecule has 15 rings (SSSR count). The number of benzene rings is 10. The molecule has 3 aliphatic rings. The van der Waals surface area contributed by atoms with Crippen LogP contribution in [0.5, 0.6) is 0 Å². The van der Waals surface area contributed by atoms with Crippen LogP contribution in [0, 0.1) is 0 Å². The molecule has 8 nitrogen and oxygen atoms in total. The number of para-hydroxylation sites is 2. The summed E-state index contributed by atoms with van der Waals surface area (Å²) >= 11 is 3.69. The maximum absolute atomic E-state index is 6.44. The molecule has 92 heavy (non-hydrogen) atoms. The summed E-state index contributed by atoms with van der Waals surface area (Å²) in [5.74, 6) is 0. The second kappa shape index (κ2) is 25.3. The fraction of sp³-hybridized carbons (Fsp3) is 0.250. The van der Waals surface area contributed by atoms with Gasteiger partial charge >= 0.3 is 21.1 Å². The summed E-state index contributed by atoms with van der Waals surface area (Å²) in [6.45, 7) is 24.6. The van der Waals surface area contributed by atoms with Crippen LogP contribution >= 0.6 is 15.9 Å². The first-order valence-electron chi connectivity index (χ1n) is 31.3. The highest BCUT2D eigenvalue weighted by atomic mass is 79.9. The monoisotopic (exact) mass is 1280 g/mol. The SMILES string of the molecule is Brc1ccc2c3ccccc3n(-c3cc(-c4ccccc4)cc(-c4ccccc4)c3)c2c1.C.C.CC1(C)OB(B2OC(C)(C)C(C)(C)O2)OC1(C)C.CC1(C)OB(c2ccc3c4ccccc4n(-c4cc(-c5ccccc5)cc(-c5ccccc5)c4)c3c2)OC1(C)C. The van der Waals surface area contributed by atoms with Crippen LogP contribution in [0.3, 0.4) is 0 Å². The lowest BCUT2D eigenvalue weighted by Gasteiger charge is -2.32. The molecule has 10 aromatic carbocycles. The highest BCUT2D eigenvalue weighted by molar-refractivity contribution is 9.10. The van der Waals surface area contributed by atoms with Crippen LogP contribution in [0.15, 0.2) is 247 Å². The first-order valence-corrected chi connectivity index (χ1v) is 32.1. The number of halogens is 1. The lowest BCUT2D eigenvalue weighted by Crippen LogP contribution is -2.41. The van der Waals surface area contributed by atoms with Crippen molar-refractivity contribution in [3.63, 3.8) is 0 Å². The summed E-state index contributed by atoms with van der Waals surface area (Å²) < 4.78 is 42.6. The van der Waals surface area contributed by atoms with Crippen LogP contribution < -0.4 is 5.46 Å². The van der Waals surface area contributed by atoms with Gasteiger partial charge in [0, 0.05) is 37.4 Å². The van der Waals surface area contributed by atoms with Gasteiger partial charge < -0.3 is 37.1 Å². The van der Waals surface area contributed by atoms with E-state index in [1.807, 2.05) is 55.4 Å². The minimum Gasteiger partial charge on any atom is -0.405 e. The predicted octanol–water partition coefficient (Wildman–Crippen LogP) is 20.8. The zero-order chi connectivity index (χ0) is 63.0. The van der Waals surface area contributed by atoms with E-state index >= 15 is 0 Å². The summed E-state index contributed by atoms with van der Waals surface area (Å²) in [6.07, 6.45) is 0. The summed E-state index contributed by atoms with van der Waals surface area (Å²) in [5.41, 5.74) is 15.4.